The van der Waals surface area contributed by atoms with Gasteiger partial charge in [0.2, 0.25) is 0 Å². The van der Waals surface area contributed by atoms with E-state index < -0.39 is 47.2 Å². The van der Waals surface area contributed by atoms with Gasteiger partial charge in [-0.1, -0.05) is 60.7 Å². The Morgan fingerprint density at radius 1 is 1.06 bits per heavy atom. The summed E-state index contributed by atoms with van der Waals surface area (Å²) in [4.78, 5) is 26.9. The van der Waals surface area contributed by atoms with E-state index in [1.807, 2.05) is 60.7 Å². The summed E-state index contributed by atoms with van der Waals surface area (Å²) in [5, 5.41) is 11.2. The van der Waals surface area contributed by atoms with Gasteiger partial charge in [0.05, 0.1) is 25.7 Å². The first-order valence-corrected chi connectivity index (χ1v) is 11.6. The molecular weight excluding hydrogens is 450 g/mol. The van der Waals surface area contributed by atoms with Gasteiger partial charge in [-0.3, -0.25) is 14.3 Å². The fourth-order valence-corrected chi connectivity index (χ4v) is 5.15. The van der Waals surface area contributed by atoms with Crippen molar-refractivity contribution in [3.05, 3.63) is 104 Å². The van der Waals surface area contributed by atoms with Crippen LogP contribution < -0.4 is 17.0 Å². The Labute approximate surface area is 202 Å². The molecule has 184 valence electrons. The van der Waals surface area contributed by atoms with Gasteiger partial charge in [-0.25, -0.2) is 4.79 Å². The number of hydrogen-bond acceptors (Lipinski definition) is 7. The number of H-pyrrole nitrogens is 1. The molecule has 2 bridgehead atoms. The molecule has 0 spiro atoms. The number of aliphatic hydroxyl groups excluding tert-OH is 1. The van der Waals surface area contributed by atoms with Gasteiger partial charge in [-0.05, 0) is 18.1 Å². The SMILES string of the molecule is Cc1cn([C@@H]2O[C@@]3(COCc4ccccc4)[C@@H](O)[C@H](N)[C@@H]2[C@@H]3OCc2ccccc2)c(=O)[nH]c1=O. The molecule has 0 radical (unpaired) electrons. The quantitative estimate of drug-likeness (QED) is 0.443. The maximum absolute atomic E-state index is 12.7. The smallest absolute Gasteiger partial charge is 0.330 e. The van der Waals surface area contributed by atoms with Gasteiger partial charge in [-0.2, -0.15) is 0 Å². The number of aliphatic hydroxyl groups is 1. The second-order valence-electron chi connectivity index (χ2n) is 9.24. The molecule has 5 rings (SSSR count). The molecule has 0 unspecified atom stereocenters. The van der Waals surface area contributed by atoms with E-state index in [-0.39, 0.29) is 13.2 Å². The second-order valence-corrected chi connectivity index (χ2v) is 9.24. The molecular formula is C26H29N3O6. The number of nitrogens with one attached hydrogen (secondary N) is 1. The lowest BCUT2D eigenvalue weighted by Crippen LogP contribution is -2.57. The molecule has 4 N–H and O–H groups in total. The molecule has 3 aromatic rings. The van der Waals surface area contributed by atoms with Crippen molar-refractivity contribution in [2.75, 3.05) is 6.61 Å². The number of ether oxygens (including phenoxy) is 3. The summed E-state index contributed by atoms with van der Waals surface area (Å²) in [7, 11) is 0. The molecule has 1 saturated carbocycles. The Balaban J connectivity index is 1.47. The summed E-state index contributed by atoms with van der Waals surface area (Å²) in [5.74, 6) is -0.544. The number of benzene rings is 2. The van der Waals surface area contributed by atoms with Gasteiger partial charge in [0.1, 0.15) is 24.0 Å². The van der Waals surface area contributed by atoms with E-state index in [0.717, 1.165) is 11.1 Å². The molecule has 2 aliphatic rings. The van der Waals surface area contributed by atoms with Crippen LogP contribution in [0.2, 0.25) is 0 Å². The number of hydrogen-bond donors (Lipinski definition) is 3. The molecule has 0 amide bonds. The van der Waals surface area contributed by atoms with Crippen LogP contribution in [0.25, 0.3) is 0 Å². The van der Waals surface area contributed by atoms with Crippen LogP contribution >= 0.6 is 0 Å². The third kappa shape index (κ3) is 4.26. The van der Waals surface area contributed by atoms with Gasteiger partial charge in [-0.15, -0.1) is 0 Å². The summed E-state index contributed by atoms with van der Waals surface area (Å²) in [6.07, 6.45) is -1.09. The van der Waals surface area contributed by atoms with E-state index in [1.165, 1.54) is 10.8 Å². The number of aryl methyl sites for hydroxylation is 1. The zero-order valence-electron chi connectivity index (χ0n) is 19.4. The van der Waals surface area contributed by atoms with Crippen LogP contribution in [-0.2, 0) is 27.4 Å². The van der Waals surface area contributed by atoms with Crippen LogP contribution in [0.1, 0.15) is 22.9 Å². The number of rotatable bonds is 8. The number of aromatic nitrogens is 2. The lowest BCUT2D eigenvalue weighted by atomic mass is 9.98. The highest BCUT2D eigenvalue weighted by molar-refractivity contribution is 5.21. The molecule has 1 aliphatic heterocycles. The van der Waals surface area contributed by atoms with Crippen LogP contribution in [0.15, 0.2) is 76.4 Å². The summed E-state index contributed by atoms with van der Waals surface area (Å²) < 4.78 is 20.1. The fourth-order valence-electron chi connectivity index (χ4n) is 5.15. The molecule has 2 fully saturated rings. The summed E-state index contributed by atoms with van der Waals surface area (Å²) in [6, 6.07) is 18.6. The van der Waals surface area contributed by atoms with E-state index in [0.29, 0.717) is 12.2 Å². The van der Waals surface area contributed by atoms with Gasteiger partial charge < -0.3 is 25.1 Å². The van der Waals surface area contributed by atoms with Crippen LogP contribution in [0.5, 0.6) is 0 Å². The summed E-state index contributed by atoms with van der Waals surface area (Å²) in [6.45, 7) is 2.21. The predicted molar refractivity (Wildman–Crippen MR) is 128 cm³/mol. The fraction of sp³-hybridized carbons (Fsp3) is 0.385. The Morgan fingerprint density at radius 2 is 1.69 bits per heavy atom. The van der Waals surface area contributed by atoms with Crippen LogP contribution in [-0.4, -0.2) is 45.1 Å². The first kappa shape index (κ1) is 23.7. The second kappa shape index (κ2) is 9.52. The number of aromatic amines is 1. The molecule has 2 heterocycles. The van der Waals surface area contributed by atoms with E-state index in [9.17, 15) is 14.7 Å². The minimum Gasteiger partial charge on any atom is -0.388 e. The zero-order chi connectivity index (χ0) is 24.6. The van der Waals surface area contributed by atoms with Crippen LogP contribution in [0, 0.1) is 12.8 Å². The minimum absolute atomic E-state index is 0.0142. The van der Waals surface area contributed by atoms with Crippen molar-refractivity contribution in [2.24, 2.45) is 11.7 Å². The van der Waals surface area contributed by atoms with Crippen molar-refractivity contribution in [3.63, 3.8) is 0 Å². The molecule has 1 aromatic heterocycles. The number of nitrogens with two attached hydrogens (primary N) is 1. The Morgan fingerprint density at radius 3 is 2.34 bits per heavy atom. The molecule has 35 heavy (non-hydrogen) atoms. The maximum Gasteiger partial charge on any atom is 0.330 e. The standard InChI is InChI=1S/C26H29N3O6/c1-16-12-29(25(32)28-23(16)31)24-19-20(27)21(30)26(35-24,15-33-13-17-8-4-2-5-9-17)22(19)34-14-18-10-6-3-7-11-18/h2-12,19-22,24,30H,13-15,27H2,1H3,(H,28,31,32)/t19-,20-,21+,22+,24-,26+/m1/s1. The summed E-state index contributed by atoms with van der Waals surface area (Å²) in [5.41, 5.74) is 6.41. The first-order valence-electron chi connectivity index (χ1n) is 11.6. The van der Waals surface area contributed by atoms with E-state index >= 15 is 0 Å². The highest BCUT2D eigenvalue weighted by Crippen LogP contribution is 2.53. The van der Waals surface area contributed by atoms with Gasteiger partial charge in [0.15, 0.2) is 0 Å². The van der Waals surface area contributed by atoms with E-state index in [4.69, 9.17) is 19.9 Å². The third-order valence-electron chi connectivity index (χ3n) is 6.94. The lowest BCUT2D eigenvalue weighted by molar-refractivity contribution is -0.210. The van der Waals surface area contributed by atoms with Crippen molar-refractivity contribution in [2.45, 2.75) is 50.2 Å². The normalized spacial score (nSPS) is 29.5. The topological polar surface area (TPSA) is 129 Å². The number of fused-ring (bicyclic) bond motifs is 2. The van der Waals surface area contributed by atoms with E-state index in [2.05, 4.69) is 4.98 Å². The maximum atomic E-state index is 12.7. The van der Waals surface area contributed by atoms with Crippen molar-refractivity contribution in [1.82, 2.24) is 9.55 Å². The van der Waals surface area contributed by atoms with Crippen molar-refractivity contribution < 1.29 is 19.3 Å². The molecule has 6 atom stereocenters. The average Bonchev–Trinajstić information content (AvgIpc) is 3.28. The number of nitrogens with zero attached hydrogens (tertiary/aromatic N) is 1. The van der Waals surface area contributed by atoms with Gasteiger partial charge in [0.25, 0.3) is 5.56 Å². The van der Waals surface area contributed by atoms with Crippen LogP contribution in [0.3, 0.4) is 0 Å². The Kier molecular flexibility index (Phi) is 6.43. The molecule has 1 aliphatic carbocycles. The Bertz CT molecular complexity index is 1280. The van der Waals surface area contributed by atoms with Crippen molar-refractivity contribution in [3.8, 4) is 0 Å². The molecule has 9 heteroatoms. The minimum atomic E-state index is -1.29. The summed E-state index contributed by atoms with van der Waals surface area (Å²) >= 11 is 0. The van der Waals surface area contributed by atoms with Gasteiger partial charge in [0, 0.05) is 17.8 Å². The van der Waals surface area contributed by atoms with Gasteiger partial charge >= 0.3 is 5.69 Å². The zero-order valence-corrected chi connectivity index (χ0v) is 19.4. The van der Waals surface area contributed by atoms with E-state index in [1.54, 1.807) is 6.92 Å². The lowest BCUT2D eigenvalue weighted by Gasteiger charge is -2.38. The first-order chi connectivity index (χ1) is 16.9. The monoisotopic (exact) mass is 479 g/mol. The molecule has 2 aromatic carbocycles. The Hall–Kier alpha value is -3.08. The van der Waals surface area contributed by atoms with Crippen LogP contribution in [0.4, 0.5) is 0 Å². The average molecular weight is 480 g/mol. The third-order valence-corrected chi connectivity index (χ3v) is 6.94. The highest BCUT2D eigenvalue weighted by atomic mass is 16.6. The molecule has 9 nitrogen and oxygen atoms in total. The van der Waals surface area contributed by atoms with Crippen molar-refractivity contribution in [1.29, 1.82) is 0 Å². The largest absolute Gasteiger partial charge is 0.388 e. The molecule has 1 saturated heterocycles. The highest BCUT2D eigenvalue weighted by Gasteiger charge is 2.70. The van der Waals surface area contributed by atoms with Crippen molar-refractivity contribution >= 4 is 0 Å². The predicted octanol–water partition coefficient (Wildman–Crippen LogP) is 1.23.